The summed E-state index contributed by atoms with van der Waals surface area (Å²) in [6.45, 7) is 11.6. The average molecular weight is 228 g/mol. The zero-order chi connectivity index (χ0) is 11.3. The van der Waals surface area contributed by atoms with E-state index in [0.29, 0.717) is 0 Å². The standard InChI is InChI=1S/C12H28N2Si/c1-5-13-15(14-6-2)11(3)9-7-8-10-12(15)4/h11-14H,5-10H2,1-4H3. The monoisotopic (exact) mass is 228 g/mol. The summed E-state index contributed by atoms with van der Waals surface area (Å²) in [5.74, 6) is 0. The summed E-state index contributed by atoms with van der Waals surface area (Å²) in [4.78, 5) is 7.73. The molecule has 2 nitrogen and oxygen atoms in total. The van der Waals surface area contributed by atoms with Crippen LogP contribution in [0.3, 0.4) is 0 Å². The topological polar surface area (TPSA) is 24.1 Å². The number of nitrogens with one attached hydrogen (secondary N) is 2. The van der Waals surface area contributed by atoms with E-state index in [1.165, 1.54) is 25.7 Å². The summed E-state index contributed by atoms with van der Waals surface area (Å²) in [5, 5.41) is 0. The summed E-state index contributed by atoms with van der Waals surface area (Å²) >= 11 is 0. The first-order valence-corrected chi connectivity index (χ1v) is 8.82. The molecular formula is C12H28N2Si. The first-order chi connectivity index (χ1) is 7.17. The van der Waals surface area contributed by atoms with Gasteiger partial charge in [0.2, 0.25) is 8.40 Å². The minimum absolute atomic E-state index is 0.870. The largest absolute Gasteiger partial charge is 0.325 e. The molecule has 1 fully saturated rings. The van der Waals surface area contributed by atoms with Gasteiger partial charge in [0, 0.05) is 0 Å². The first-order valence-electron chi connectivity index (χ1n) is 6.67. The highest BCUT2D eigenvalue weighted by Crippen LogP contribution is 2.38. The molecule has 0 radical (unpaired) electrons. The van der Waals surface area contributed by atoms with Crippen LogP contribution in [-0.4, -0.2) is 21.5 Å². The van der Waals surface area contributed by atoms with Crippen molar-refractivity contribution in [2.24, 2.45) is 0 Å². The Kier molecular flexibility index (Phi) is 5.30. The van der Waals surface area contributed by atoms with E-state index in [1.54, 1.807) is 0 Å². The molecule has 0 aromatic heterocycles. The minimum Gasteiger partial charge on any atom is -0.325 e. The minimum atomic E-state index is -1.44. The summed E-state index contributed by atoms with van der Waals surface area (Å²) in [6.07, 6.45) is 5.68. The molecular weight excluding hydrogens is 200 g/mol. The molecule has 0 saturated carbocycles. The summed E-state index contributed by atoms with van der Waals surface area (Å²) in [6, 6.07) is 0. The lowest BCUT2D eigenvalue weighted by atomic mass is 10.1. The van der Waals surface area contributed by atoms with Gasteiger partial charge in [0.1, 0.15) is 0 Å². The Labute approximate surface area is 96.4 Å². The Balaban J connectivity index is 2.84. The quantitative estimate of drug-likeness (QED) is 0.723. The number of rotatable bonds is 4. The molecule has 1 heterocycles. The van der Waals surface area contributed by atoms with E-state index in [0.717, 1.165) is 24.2 Å². The molecule has 1 aliphatic rings. The van der Waals surface area contributed by atoms with Crippen LogP contribution < -0.4 is 9.96 Å². The molecule has 0 aromatic rings. The van der Waals surface area contributed by atoms with E-state index in [-0.39, 0.29) is 0 Å². The lowest BCUT2D eigenvalue weighted by Gasteiger charge is -2.41. The first kappa shape index (κ1) is 13.2. The fourth-order valence-corrected chi connectivity index (χ4v) is 8.17. The summed E-state index contributed by atoms with van der Waals surface area (Å²) in [5.41, 5.74) is 1.74. The maximum Gasteiger partial charge on any atom is 0.207 e. The molecule has 0 bridgehead atoms. The zero-order valence-electron chi connectivity index (χ0n) is 10.9. The lowest BCUT2D eigenvalue weighted by Crippen LogP contribution is -2.67. The van der Waals surface area contributed by atoms with E-state index >= 15 is 0 Å². The third-order valence-electron chi connectivity index (χ3n) is 4.02. The van der Waals surface area contributed by atoms with Crippen molar-refractivity contribution in [2.45, 2.75) is 64.5 Å². The SMILES string of the molecule is CCN[Si]1(NCC)C(C)CCCCC1C. The highest BCUT2D eigenvalue weighted by Gasteiger charge is 2.44. The van der Waals surface area contributed by atoms with Gasteiger partial charge in [-0.15, -0.1) is 0 Å². The van der Waals surface area contributed by atoms with Crippen LogP contribution in [0.5, 0.6) is 0 Å². The predicted molar refractivity (Wildman–Crippen MR) is 70.4 cm³/mol. The average Bonchev–Trinajstić information content (AvgIpc) is 2.33. The van der Waals surface area contributed by atoms with Crippen molar-refractivity contribution in [1.82, 2.24) is 9.96 Å². The van der Waals surface area contributed by atoms with Crippen LogP contribution in [0.15, 0.2) is 0 Å². The van der Waals surface area contributed by atoms with Crippen LogP contribution in [0, 0.1) is 0 Å². The Morgan fingerprint density at radius 1 is 0.933 bits per heavy atom. The summed E-state index contributed by atoms with van der Waals surface area (Å²) in [7, 11) is -1.44. The zero-order valence-corrected chi connectivity index (χ0v) is 11.9. The van der Waals surface area contributed by atoms with Crippen molar-refractivity contribution in [3.63, 3.8) is 0 Å². The van der Waals surface area contributed by atoms with Gasteiger partial charge in [0.05, 0.1) is 0 Å². The second-order valence-corrected chi connectivity index (χ2v) is 9.43. The van der Waals surface area contributed by atoms with E-state index in [4.69, 9.17) is 0 Å². The Bertz CT molecular complexity index is 164. The van der Waals surface area contributed by atoms with Crippen LogP contribution in [0.2, 0.25) is 11.1 Å². The number of hydrogen-bond donors (Lipinski definition) is 2. The second kappa shape index (κ2) is 6.02. The molecule has 0 amide bonds. The fraction of sp³-hybridized carbons (Fsp3) is 1.00. The van der Waals surface area contributed by atoms with Gasteiger partial charge < -0.3 is 9.96 Å². The maximum absolute atomic E-state index is 3.87. The molecule has 2 N–H and O–H groups in total. The maximum atomic E-state index is 3.87. The van der Waals surface area contributed by atoms with E-state index in [9.17, 15) is 0 Å². The molecule has 1 aliphatic heterocycles. The third kappa shape index (κ3) is 2.83. The van der Waals surface area contributed by atoms with Crippen molar-refractivity contribution in [2.75, 3.05) is 13.1 Å². The van der Waals surface area contributed by atoms with Gasteiger partial charge in [0.25, 0.3) is 0 Å². The van der Waals surface area contributed by atoms with E-state index < -0.39 is 8.40 Å². The molecule has 90 valence electrons. The predicted octanol–water partition coefficient (Wildman–Crippen LogP) is 3.00. The normalized spacial score (nSPS) is 31.2. The van der Waals surface area contributed by atoms with Gasteiger partial charge in [-0.2, -0.15) is 0 Å². The van der Waals surface area contributed by atoms with Crippen molar-refractivity contribution in [1.29, 1.82) is 0 Å². The van der Waals surface area contributed by atoms with Crippen LogP contribution in [0.25, 0.3) is 0 Å². The van der Waals surface area contributed by atoms with Crippen molar-refractivity contribution < 1.29 is 0 Å². The van der Waals surface area contributed by atoms with Crippen LogP contribution in [-0.2, 0) is 0 Å². The summed E-state index contributed by atoms with van der Waals surface area (Å²) < 4.78 is 0. The highest BCUT2D eigenvalue weighted by molar-refractivity contribution is 6.77. The van der Waals surface area contributed by atoms with Crippen LogP contribution in [0.1, 0.15) is 53.4 Å². The molecule has 0 aliphatic carbocycles. The smallest absolute Gasteiger partial charge is 0.207 e. The van der Waals surface area contributed by atoms with Crippen molar-refractivity contribution >= 4 is 8.40 Å². The Morgan fingerprint density at radius 2 is 1.33 bits per heavy atom. The van der Waals surface area contributed by atoms with Gasteiger partial charge in [-0.05, 0) is 24.2 Å². The highest BCUT2D eigenvalue weighted by atomic mass is 28.3. The molecule has 1 rings (SSSR count). The Hall–Kier alpha value is 0.137. The van der Waals surface area contributed by atoms with Crippen molar-refractivity contribution in [3.8, 4) is 0 Å². The van der Waals surface area contributed by atoms with Gasteiger partial charge >= 0.3 is 0 Å². The molecule has 2 unspecified atom stereocenters. The lowest BCUT2D eigenvalue weighted by molar-refractivity contribution is 0.656. The van der Waals surface area contributed by atoms with E-state index in [2.05, 4.69) is 37.7 Å². The van der Waals surface area contributed by atoms with Gasteiger partial charge in [-0.1, -0.05) is 53.4 Å². The molecule has 0 spiro atoms. The number of hydrogen-bond acceptors (Lipinski definition) is 2. The molecule has 15 heavy (non-hydrogen) atoms. The van der Waals surface area contributed by atoms with Crippen LogP contribution >= 0.6 is 0 Å². The van der Waals surface area contributed by atoms with Crippen LogP contribution in [0.4, 0.5) is 0 Å². The molecule has 2 atom stereocenters. The van der Waals surface area contributed by atoms with Gasteiger partial charge in [-0.3, -0.25) is 0 Å². The second-order valence-electron chi connectivity index (χ2n) is 5.02. The Morgan fingerprint density at radius 3 is 1.67 bits per heavy atom. The third-order valence-corrected chi connectivity index (χ3v) is 9.58. The van der Waals surface area contributed by atoms with Gasteiger partial charge in [0.15, 0.2) is 0 Å². The van der Waals surface area contributed by atoms with Gasteiger partial charge in [-0.25, -0.2) is 0 Å². The fourth-order valence-electron chi connectivity index (χ4n) is 3.19. The molecule has 1 saturated heterocycles. The van der Waals surface area contributed by atoms with Crippen molar-refractivity contribution in [3.05, 3.63) is 0 Å². The molecule has 0 aromatic carbocycles. The van der Waals surface area contributed by atoms with E-state index in [1.807, 2.05) is 0 Å². The molecule has 3 heteroatoms.